The SMILES string of the molecule is CCCCc1ccc(NC2CCCC2C)cc1. The summed E-state index contributed by atoms with van der Waals surface area (Å²) in [7, 11) is 0. The van der Waals surface area contributed by atoms with Crippen molar-refractivity contribution in [2.75, 3.05) is 5.32 Å². The lowest BCUT2D eigenvalue weighted by molar-refractivity contribution is 0.556. The van der Waals surface area contributed by atoms with Gasteiger partial charge in [0.1, 0.15) is 0 Å². The molecule has 1 saturated carbocycles. The number of aryl methyl sites for hydroxylation is 1. The van der Waals surface area contributed by atoms with Crippen molar-refractivity contribution in [3.8, 4) is 0 Å². The van der Waals surface area contributed by atoms with Crippen molar-refractivity contribution in [1.82, 2.24) is 0 Å². The lowest BCUT2D eigenvalue weighted by Gasteiger charge is -2.18. The number of hydrogen-bond donors (Lipinski definition) is 1. The molecular weight excluding hydrogens is 206 g/mol. The van der Waals surface area contributed by atoms with Crippen LogP contribution in [0.25, 0.3) is 0 Å². The van der Waals surface area contributed by atoms with Crippen LogP contribution in [0, 0.1) is 5.92 Å². The van der Waals surface area contributed by atoms with Gasteiger partial charge in [-0.15, -0.1) is 0 Å². The van der Waals surface area contributed by atoms with E-state index in [2.05, 4.69) is 43.4 Å². The van der Waals surface area contributed by atoms with Crippen LogP contribution >= 0.6 is 0 Å². The summed E-state index contributed by atoms with van der Waals surface area (Å²) in [4.78, 5) is 0. The zero-order chi connectivity index (χ0) is 12.1. The van der Waals surface area contributed by atoms with Crippen LogP contribution < -0.4 is 5.32 Å². The molecule has 0 heterocycles. The average molecular weight is 231 g/mol. The molecule has 0 radical (unpaired) electrons. The van der Waals surface area contributed by atoms with E-state index in [0.29, 0.717) is 6.04 Å². The van der Waals surface area contributed by atoms with Gasteiger partial charge >= 0.3 is 0 Å². The van der Waals surface area contributed by atoms with E-state index in [4.69, 9.17) is 0 Å². The standard InChI is InChI=1S/C16H25N/c1-3-4-7-14-9-11-15(12-10-14)17-16-8-5-6-13(16)2/h9-13,16-17H,3-8H2,1-2H3. The van der Waals surface area contributed by atoms with E-state index in [-0.39, 0.29) is 0 Å². The minimum Gasteiger partial charge on any atom is -0.382 e. The molecule has 1 aromatic carbocycles. The van der Waals surface area contributed by atoms with Crippen LogP contribution in [0.1, 0.15) is 51.5 Å². The van der Waals surface area contributed by atoms with Crippen molar-refractivity contribution in [3.05, 3.63) is 29.8 Å². The number of anilines is 1. The van der Waals surface area contributed by atoms with Crippen molar-refractivity contribution >= 4 is 5.69 Å². The summed E-state index contributed by atoms with van der Waals surface area (Å²) in [5.41, 5.74) is 2.76. The predicted octanol–water partition coefficient (Wildman–Crippen LogP) is 4.63. The molecule has 0 aliphatic heterocycles. The van der Waals surface area contributed by atoms with Crippen LogP contribution in [0.3, 0.4) is 0 Å². The molecule has 94 valence electrons. The second kappa shape index (κ2) is 6.09. The number of nitrogens with one attached hydrogen (secondary N) is 1. The highest BCUT2D eigenvalue weighted by molar-refractivity contribution is 5.45. The van der Waals surface area contributed by atoms with Crippen LogP contribution in [0.4, 0.5) is 5.69 Å². The fraction of sp³-hybridized carbons (Fsp3) is 0.625. The minimum atomic E-state index is 0.691. The van der Waals surface area contributed by atoms with Crippen molar-refractivity contribution in [3.63, 3.8) is 0 Å². The largest absolute Gasteiger partial charge is 0.382 e. The summed E-state index contributed by atoms with van der Waals surface area (Å²) in [6.07, 6.45) is 7.89. The van der Waals surface area contributed by atoms with Gasteiger partial charge in [-0.2, -0.15) is 0 Å². The Balaban J connectivity index is 1.89. The summed E-state index contributed by atoms with van der Waals surface area (Å²) in [6, 6.07) is 9.73. The fourth-order valence-corrected chi connectivity index (χ4v) is 2.72. The summed E-state index contributed by atoms with van der Waals surface area (Å²) in [5, 5.41) is 3.67. The Hall–Kier alpha value is -0.980. The Kier molecular flexibility index (Phi) is 4.47. The summed E-state index contributed by atoms with van der Waals surface area (Å²) >= 11 is 0. The van der Waals surface area contributed by atoms with E-state index in [1.165, 1.54) is 49.8 Å². The first kappa shape index (κ1) is 12.5. The van der Waals surface area contributed by atoms with Gasteiger partial charge in [-0.1, -0.05) is 38.8 Å². The molecule has 1 N–H and O–H groups in total. The first-order valence-electron chi connectivity index (χ1n) is 7.15. The third-order valence-corrected chi connectivity index (χ3v) is 3.99. The monoisotopic (exact) mass is 231 g/mol. The summed E-state index contributed by atoms with van der Waals surface area (Å²) in [5.74, 6) is 0.828. The maximum atomic E-state index is 3.67. The number of hydrogen-bond acceptors (Lipinski definition) is 1. The van der Waals surface area contributed by atoms with Gasteiger partial charge in [-0.3, -0.25) is 0 Å². The third-order valence-electron chi connectivity index (χ3n) is 3.99. The first-order chi connectivity index (χ1) is 8.29. The molecule has 2 unspecified atom stereocenters. The third kappa shape index (κ3) is 3.49. The van der Waals surface area contributed by atoms with E-state index >= 15 is 0 Å². The number of unbranched alkanes of at least 4 members (excludes halogenated alkanes) is 1. The molecule has 0 amide bonds. The van der Waals surface area contributed by atoms with Gasteiger partial charge in [0.05, 0.1) is 0 Å². The van der Waals surface area contributed by atoms with Crippen LogP contribution in [0.5, 0.6) is 0 Å². The predicted molar refractivity (Wildman–Crippen MR) is 75.5 cm³/mol. The van der Waals surface area contributed by atoms with Gasteiger partial charge < -0.3 is 5.32 Å². The molecule has 0 spiro atoms. The van der Waals surface area contributed by atoms with Crippen molar-refractivity contribution in [1.29, 1.82) is 0 Å². The highest BCUT2D eigenvalue weighted by Gasteiger charge is 2.22. The van der Waals surface area contributed by atoms with E-state index < -0.39 is 0 Å². The van der Waals surface area contributed by atoms with Gasteiger partial charge in [0, 0.05) is 11.7 Å². The second-order valence-corrected chi connectivity index (χ2v) is 5.46. The summed E-state index contributed by atoms with van der Waals surface area (Å²) in [6.45, 7) is 4.61. The smallest absolute Gasteiger partial charge is 0.0342 e. The van der Waals surface area contributed by atoms with Crippen LogP contribution in [-0.2, 0) is 6.42 Å². The van der Waals surface area contributed by atoms with E-state index in [9.17, 15) is 0 Å². The Morgan fingerprint density at radius 2 is 1.94 bits per heavy atom. The maximum absolute atomic E-state index is 3.67. The molecule has 1 heteroatoms. The Morgan fingerprint density at radius 1 is 1.18 bits per heavy atom. The Bertz CT molecular complexity index is 328. The molecule has 1 nitrogen and oxygen atoms in total. The molecule has 1 fully saturated rings. The van der Waals surface area contributed by atoms with Gasteiger partial charge in [-0.25, -0.2) is 0 Å². The van der Waals surface area contributed by atoms with Crippen LogP contribution in [-0.4, -0.2) is 6.04 Å². The Labute approximate surface area is 106 Å². The van der Waals surface area contributed by atoms with Crippen LogP contribution in [0.15, 0.2) is 24.3 Å². The van der Waals surface area contributed by atoms with E-state index in [1.54, 1.807) is 0 Å². The summed E-state index contributed by atoms with van der Waals surface area (Å²) < 4.78 is 0. The molecular formula is C16H25N. The lowest BCUT2D eigenvalue weighted by atomic mass is 10.1. The molecule has 0 saturated heterocycles. The average Bonchev–Trinajstić information content (AvgIpc) is 2.74. The topological polar surface area (TPSA) is 12.0 Å². The zero-order valence-corrected chi connectivity index (χ0v) is 11.2. The second-order valence-electron chi connectivity index (χ2n) is 5.46. The van der Waals surface area contributed by atoms with Gasteiger partial charge in [0.25, 0.3) is 0 Å². The Morgan fingerprint density at radius 3 is 2.53 bits per heavy atom. The molecule has 0 aromatic heterocycles. The molecule has 2 atom stereocenters. The minimum absolute atomic E-state index is 0.691. The van der Waals surface area contributed by atoms with Gasteiger partial charge in [-0.05, 0) is 49.3 Å². The van der Waals surface area contributed by atoms with Crippen molar-refractivity contribution in [2.45, 2.75) is 58.4 Å². The molecule has 1 aliphatic carbocycles. The molecule has 1 aliphatic rings. The van der Waals surface area contributed by atoms with Gasteiger partial charge in [0.15, 0.2) is 0 Å². The van der Waals surface area contributed by atoms with E-state index in [0.717, 1.165) is 5.92 Å². The first-order valence-corrected chi connectivity index (χ1v) is 7.15. The quantitative estimate of drug-likeness (QED) is 0.779. The number of rotatable bonds is 5. The molecule has 0 bridgehead atoms. The molecule has 17 heavy (non-hydrogen) atoms. The van der Waals surface area contributed by atoms with Crippen LogP contribution in [0.2, 0.25) is 0 Å². The zero-order valence-electron chi connectivity index (χ0n) is 11.2. The maximum Gasteiger partial charge on any atom is 0.0342 e. The number of benzene rings is 1. The van der Waals surface area contributed by atoms with Crippen molar-refractivity contribution in [2.24, 2.45) is 5.92 Å². The molecule has 1 aromatic rings. The van der Waals surface area contributed by atoms with Crippen molar-refractivity contribution < 1.29 is 0 Å². The highest BCUT2D eigenvalue weighted by atomic mass is 14.9. The molecule has 2 rings (SSSR count). The van der Waals surface area contributed by atoms with E-state index in [1.807, 2.05) is 0 Å². The fourth-order valence-electron chi connectivity index (χ4n) is 2.72. The highest BCUT2D eigenvalue weighted by Crippen LogP contribution is 2.28. The lowest BCUT2D eigenvalue weighted by Crippen LogP contribution is -2.21. The normalized spacial score (nSPS) is 23.9. The van der Waals surface area contributed by atoms with Gasteiger partial charge in [0.2, 0.25) is 0 Å².